The number of amides is 1. The summed E-state index contributed by atoms with van der Waals surface area (Å²) in [6.07, 6.45) is 2.70. The SMILES string of the molecule is CCO/C=C/C(=O)Nc1cc(Br)cc(OC)c1.COc1cc(N)cc(Br)c1. The molecule has 1 amide bonds. The number of halogens is 2. The molecular weight excluding hydrogens is 480 g/mol. The third kappa shape index (κ3) is 9.35. The van der Waals surface area contributed by atoms with Crippen molar-refractivity contribution in [2.45, 2.75) is 6.92 Å². The monoisotopic (exact) mass is 500 g/mol. The number of rotatable bonds is 6. The van der Waals surface area contributed by atoms with Crippen molar-refractivity contribution >= 4 is 49.1 Å². The standard InChI is InChI=1S/C12H14BrNO3.C7H8BrNO/c1-3-17-5-4-12(15)14-10-6-9(13)7-11(8-10)16-2;1-10-7-3-5(8)2-6(9)4-7/h4-8H,3H2,1-2H3,(H,14,15);2-4H,9H2,1H3/b5-4+;. The molecule has 0 unspecified atom stereocenters. The lowest BCUT2D eigenvalue weighted by molar-refractivity contribution is -0.112. The third-order valence-corrected chi connectivity index (χ3v) is 3.90. The van der Waals surface area contributed by atoms with Gasteiger partial charge in [0.15, 0.2) is 0 Å². The van der Waals surface area contributed by atoms with Crippen molar-refractivity contribution in [3.8, 4) is 11.5 Å². The van der Waals surface area contributed by atoms with E-state index in [9.17, 15) is 4.79 Å². The molecule has 27 heavy (non-hydrogen) atoms. The maximum atomic E-state index is 11.5. The van der Waals surface area contributed by atoms with Crippen LogP contribution in [-0.2, 0) is 9.53 Å². The Labute approximate surface area is 175 Å². The number of anilines is 2. The summed E-state index contributed by atoms with van der Waals surface area (Å²) in [6.45, 7) is 2.38. The maximum absolute atomic E-state index is 11.5. The van der Waals surface area contributed by atoms with Crippen LogP contribution in [0.1, 0.15) is 6.92 Å². The van der Waals surface area contributed by atoms with Gasteiger partial charge in [-0.3, -0.25) is 4.79 Å². The minimum absolute atomic E-state index is 0.251. The van der Waals surface area contributed by atoms with Crippen LogP contribution in [0, 0.1) is 0 Å². The molecule has 0 aliphatic carbocycles. The van der Waals surface area contributed by atoms with E-state index in [2.05, 4.69) is 37.2 Å². The highest BCUT2D eigenvalue weighted by Crippen LogP contribution is 2.24. The van der Waals surface area contributed by atoms with Gasteiger partial charge in [-0.25, -0.2) is 0 Å². The quantitative estimate of drug-likeness (QED) is 0.331. The molecule has 146 valence electrons. The molecule has 0 fully saturated rings. The number of hydrogen-bond acceptors (Lipinski definition) is 5. The van der Waals surface area contributed by atoms with Gasteiger partial charge in [-0.1, -0.05) is 31.9 Å². The van der Waals surface area contributed by atoms with Gasteiger partial charge in [0.25, 0.3) is 5.91 Å². The second-order valence-electron chi connectivity index (χ2n) is 5.05. The largest absolute Gasteiger partial charge is 0.501 e. The third-order valence-electron chi connectivity index (χ3n) is 2.99. The molecule has 0 atom stereocenters. The van der Waals surface area contributed by atoms with Gasteiger partial charge in [0.1, 0.15) is 11.5 Å². The fraction of sp³-hybridized carbons (Fsp3) is 0.211. The first kappa shape index (κ1) is 22.9. The number of nitrogens with two attached hydrogens (primary N) is 1. The molecule has 0 aliphatic rings. The molecule has 0 heterocycles. The van der Waals surface area contributed by atoms with Gasteiger partial charge in [-0.05, 0) is 31.2 Å². The number of benzene rings is 2. The van der Waals surface area contributed by atoms with Gasteiger partial charge in [-0.2, -0.15) is 0 Å². The summed E-state index contributed by atoms with van der Waals surface area (Å²) in [4.78, 5) is 11.5. The number of methoxy groups -OCH3 is 2. The predicted octanol–water partition coefficient (Wildman–Crippen LogP) is 4.99. The first-order valence-electron chi connectivity index (χ1n) is 7.91. The molecule has 8 heteroatoms. The Hall–Kier alpha value is -2.19. The van der Waals surface area contributed by atoms with Gasteiger partial charge in [0.2, 0.25) is 0 Å². The number of hydrogen-bond donors (Lipinski definition) is 2. The molecule has 3 N–H and O–H groups in total. The highest BCUT2D eigenvalue weighted by molar-refractivity contribution is 9.10. The van der Waals surface area contributed by atoms with Crippen LogP contribution in [0.15, 0.2) is 57.7 Å². The summed E-state index contributed by atoms with van der Waals surface area (Å²) < 4.78 is 16.8. The first-order chi connectivity index (χ1) is 12.9. The van der Waals surface area contributed by atoms with Crippen LogP contribution in [-0.4, -0.2) is 26.7 Å². The molecule has 0 aliphatic heterocycles. The Morgan fingerprint density at radius 2 is 1.63 bits per heavy atom. The highest BCUT2D eigenvalue weighted by Gasteiger charge is 2.02. The van der Waals surface area contributed by atoms with Gasteiger partial charge in [-0.15, -0.1) is 0 Å². The molecular formula is C19H22Br2N2O4. The van der Waals surface area contributed by atoms with E-state index in [1.165, 1.54) is 12.3 Å². The van der Waals surface area contributed by atoms with Gasteiger partial charge in [0, 0.05) is 38.5 Å². The van der Waals surface area contributed by atoms with Crippen molar-refractivity contribution in [1.29, 1.82) is 0 Å². The van der Waals surface area contributed by atoms with Crippen molar-refractivity contribution in [2.24, 2.45) is 0 Å². The molecule has 2 rings (SSSR count). The van der Waals surface area contributed by atoms with E-state index in [0.717, 1.165) is 14.7 Å². The maximum Gasteiger partial charge on any atom is 0.251 e. The molecule has 0 spiro atoms. The number of nitrogen functional groups attached to an aromatic ring is 1. The Bertz CT molecular complexity index is 762. The number of carbonyl (C=O) groups excluding carboxylic acids is 1. The average molecular weight is 502 g/mol. The second kappa shape index (κ2) is 12.2. The minimum Gasteiger partial charge on any atom is -0.501 e. The summed E-state index contributed by atoms with van der Waals surface area (Å²) in [5.41, 5.74) is 6.88. The van der Waals surface area contributed by atoms with Crippen LogP contribution in [0.4, 0.5) is 11.4 Å². The van der Waals surface area contributed by atoms with E-state index in [0.29, 0.717) is 23.7 Å². The first-order valence-corrected chi connectivity index (χ1v) is 9.50. The van der Waals surface area contributed by atoms with E-state index in [1.54, 1.807) is 32.4 Å². The lowest BCUT2D eigenvalue weighted by atomic mass is 10.3. The highest BCUT2D eigenvalue weighted by atomic mass is 79.9. The van der Waals surface area contributed by atoms with Crippen molar-refractivity contribution in [3.63, 3.8) is 0 Å². The predicted molar refractivity (Wildman–Crippen MR) is 115 cm³/mol. The number of nitrogens with one attached hydrogen (secondary N) is 1. The lowest BCUT2D eigenvalue weighted by Crippen LogP contribution is -2.08. The van der Waals surface area contributed by atoms with Crippen LogP contribution < -0.4 is 20.5 Å². The van der Waals surface area contributed by atoms with E-state index in [-0.39, 0.29) is 5.91 Å². The molecule has 6 nitrogen and oxygen atoms in total. The van der Waals surface area contributed by atoms with Crippen LogP contribution in [0.5, 0.6) is 11.5 Å². The van der Waals surface area contributed by atoms with Gasteiger partial charge >= 0.3 is 0 Å². The smallest absolute Gasteiger partial charge is 0.251 e. The van der Waals surface area contributed by atoms with Crippen molar-refractivity contribution in [2.75, 3.05) is 31.9 Å². The number of ether oxygens (including phenoxy) is 3. The van der Waals surface area contributed by atoms with Crippen LogP contribution in [0.25, 0.3) is 0 Å². The normalized spacial score (nSPS) is 9.96. The van der Waals surface area contributed by atoms with Crippen molar-refractivity contribution in [1.82, 2.24) is 0 Å². The zero-order chi connectivity index (χ0) is 20.2. The summed E-state index contributed by atoms with van der Waals surface area (Å²) >= 11 is 6.63. The summed E-state index contributed by atoms with van der Waals surface area (Å²) in [5.74, 6) is 1.19. The molecule has 0 bridgehead atoms. The van der Waals surface area contributed by atoms with Crippen LogP contribution >= 0.6 is 31.9 Å². The lowest BCUT2D eigenvalue weighted by Gasteiger charge is -2.06. The topological polar surface area (TPSA) is 82.8 Å². The fourth-order valence-corrected chi connectivity index (χ4v) is 2.81. The van der Waals surface area contributed by atoms with Crippen molar-refractivity contribution < 1.29 is 19.0 Å². The molecule has 2 aromatic rings. The van der Waals surface area contributed by atoms with E-state index < -0.39 is 0 Å². The van der Waals surface area contributed by atoms with Crippen molar-refractivity contribution in [3.05, 3.63) is 57.7 Å². The number of carbonyl (C=O) groups is 1. The molecule has 0 saturated carbocycles. The average Bonchev–Trinajstić information content (AvgIpc) is 2.61. The summed E-state index contributed by atoms with van der Waals surface area (Å²) in [6, 6.07) is 10.8. The fourth-order valence-electron chi connectivity index (χ4n) is 1.85. The Balaban J connectivity index is 0.000000309. The van der Waals surface area contributed by atoms with Crippen LogP contribution in [0.2, 0.25) is 0 Å². The Morgan fingerprint density at radius 3 is 2.19 bits per heavy atom. The minimum atomic E-state index is -0.251. The van der Waals surface area contributed by atoms with E-state index in [4.69, 9.17) is 19.9 Å². The summed E-state index contributed by atoms with van der Waals surface area (Å²) in [7, 11) is 3.18. The molecule has 0 radical (unpaired) electrons. The molecule has 0 aromatic heterocycles. The van der Waals surface area contributed by atoms with Gasteiger partial charge in [0.05, 0.1) is 27.1 Å². The second-order valence-corrected chi connectivity index (χ2v) is 6.88. The van der Waals surface area contributed by atoms with Gasteiger partial charge < -0.3 is 25.3 Å². The zero-order valence-electron chi connectivity index (χ0n) is 15.3. The van der Waals surface area contributed by atoms with E-state index in [1.807, 2.05) is 25.1 Å². The molecule has 2 aromatic carbocycles. The summed E-state index contributed by atoms with van der Waals surface area (Å²) in [5, 5.41) is 2.70. The van der Waals surface area contributed by atoms with Crippen LogP contribution in [0.3, 0.4) is 0 Å². The zero-order valence-corrected chi connectivity index (χ0v) is 18.5. The van der Waals surface area contributed by atoms with E-state index >= 15 is 0 Å². The Kier molecular flexibility index (Phi) is 10.4. The molecule has 0 saturated heterocycles. The Morgan fingerprint density at radius 1 is 1.04 bits per heavy atom.